The minimum absolute atomic E-state index is 0.860. The van der Waals surface area contributed by atoms with Gasteiger partial charge >= 0.3 is 0 Å². The Kier molecular flexibility index (Phi) is 5.88. The molecule has 3 heteroatoms. The number of benzene rings is 1. The second-order valence-corrected chi connectivity index (χ2v) is 7.16. The van der Waals surface area contributed by atoms with Crippen LogP contribution >= 0.6 is 0 Å². The van der Waals surface area contributed by atoms with Crippen molar-refractivity contribution in [3.05, 3.63) is 35.9 Å². The Labute approximate surface area is 135 Å². The third-order valence-corrected chi connectivity index (χ3v) is 5.51. The van der Waals surface area contributed by atoms with Crippen LogP contribution in [0, 0.1) is 0 Å². The Hall–Kier alpha value is -0.900. The van der Waals surface area contributed by atoms with Crippen LogP contribution in [0.2, 0.25) is 0 Å². The van der Waals surface area contributed by atoms with E-state index >= 15 is 0 Å². The second-order valence-electron chi connectivity index (χ2n) is 7.16. The summed E-state index contributed by atoms with van der Waals surface area (Å²) >= 11 is 0. The topological polar surface area (TPSA) is 10.9 Å². The summed E-state index contributed by atoms with van der Waals surface area (Å²) in [5.74, 6) is 0. The van der Waals surface area contributed by atoms with Gasteiger partial charge in [-0.1, -0.05) is 30.3 Å². The summed E-state index contributed by atoms with van der Waals surface area (Å²) in [6, 6.07) is 11.8. The molecule has 3 rings (SSSR count). The van der Waals surface area contributed by atoms with Gasteiger partial charge in [0.05, 0.1) is 20.1 Å². The Morgan fingerprint density at radius 3 is 2.36 bits per heavy atom. The molecule has 0 amide bonds. The van der Waals surface area contributed by atoms with Gasteiger partial charge in [0.2, 0.25) is 0 Å². The van der Waals surface area contributed by atoms with Crippen LogP contribution in [0.3, 0.4) is 0 Å². The molecule has 0 aliphatic carbocycles. The van der Waals surface area contributed by atoms with Crippen molar-refractivity contribution in [2.45, 2.75) is 31.7 Å². The highest BCUT2D eigenvalue weighted by molar-refractivity contribution is 5.14. The van der Waals surface area contributed by atoms with Crippen molar-refractivity contribution in [3.8, 4) is 0 Å². The predicted molar refractivity (Wildman–Crippen MR) is 92.4 cm³/mol. The van der Waals surface area contributed by atoms with E-state index in [9.17, 15) is 0 Å². The Morgan fingerprint density at radius 2 is 1.68 bits per heavy atom. The normalized spacial score (nSPS) is 23.0. The van der Waals surface area contributed by atoms with Gasteiger partial charge in [0, 0.05) is 19.1 Å². The zero-order chi connectivity index (χ0) is 15.2. The first-order valence-corrected chi connectivity index (χ1v) is 9.13. The van der Waals surface area contributed by atoms with E-state index in [1.54, 1.807) is 4.90 Å². The summed E-state index contributed by atoms with van der Waals surface area (Å²) in [5.41, 5.74) is 1.48. The first-order chi connectivity index (χ1) is 10.8. The molecular weight excluding hydrogens is 270 g/mol. The molecule has 0 spiro atoms. The number of quaternary nitrogens is 1. The molecule has 0 unspecified atom stereocenters. The van der Waals surface area contributed by atoms with Gasteiger partial charge in [-0.15, -0.1) is 0 Å². The Bertz CT molecular complexity index is 418. The maximum atomic E-state index is 2.76. The first kappa shape index (κ1) is 16.0. The average molecular weight is 302 g/mol. The molecule has 0 atom stereocenters. The van der Waals surface area contributed by atoms with Crippen LogP contribution < -0.4 is 4.90 Å². The van der Waals surface area contributed by atoms with E-state index < -0.39 is 0 Å². The minimum atomic E-state index is 0.860. The number of piperazine rings is 1. The van der Waals surface area contributed by atoms with E-state index in [-0.39, 0.29) is 0 Å². The van der Waals surface area contributed by atoms with Gasteiger partial charge in [0.15, 0.2) is 0 Å². The van der Waals surface area contributed by atoms with Crippen molar-refractivity contribution in [2.75, 3.05) is 52.9 Å². The number of hydrogen-bond donors (Lipinski definition) is 1. The molecule has 22 heavy (non-hydrogen) atoms. The van der Waals surface area contributed by atoms with Crippen LogP contribution in [-0.2, 0) is 6.42 Å². The number of nitrogens with one attached hydrogen (secondary N) is 1. The second kappa shape index (κ2) is 8.09. The van der Waals surface area contributed by atoms with Gasteiger partial charge in [-0.05, 0) is 50.9 Å². The number of likely N-dealkylation sites (tertiary alicyclic amines) is 1. The third kappa shape index (κ3) is 4.55. The van der Waals surface area contributed by atoms with Crippen molar-refractivity contribution in [3.63, 3.8) is 0 Å². The highest BCUT2D eigenvalue weighted by Crippen LogP contribution is 2.17. The lowest BCUT2D eigenvalue weighted by atomic mass is 10.0. The molecule has 2 aliphatic rings. The van der Waals surface area contributed by atoms with Crippen LogP contribution in [0.5, 0.6) is 0 Å². The number of hydrogen-bond acceptors (Lipinski definition) is 2. The van der Waals surface area contributed by atoms with Crippen molar-refractivity contribution >= 4 is 0 Å². The molecule has 2 saturated heterocycles. The summed E-state index contributed by atoms with van der Waals surface area (Å²) in [6.07, 6.45) is 5.28. The van der Waals surface area contributed by atoms with Crippen LogP contribution in [-0.4, -0.2) is 68.7 Å². The van der Waals surface area contributed by atoms with Crippen molar-refractivity contribution in [1.82, 2.24) is 9.80 Å². The van der Waals surface area contributed by atoms with Gasteiger partial charge in [0.1, 0.15) is 0 Å². The van der Waals surface area contributed by atoms with Crippen molar-refractivity contribution in [1.29, 1.82) is 0 Å². The standard InChI is InChI=1S/C19H31N3/c1-20-14-16-22(17-15-20)19-9-12-21(13-10-19)11-5-8-18-6-3-2-4-7-18/h2-4,6-7,19H,5,8-17H2,1H3/p+1. The van der Waals surface area contributed by atoms with E-state index in [1.165, 1.54) is 77.1 Å². The van der Waals surface area contributed by atoms with Gasteiger partial charge < -0.3 is 9.80 Å². The molecule has 0 saturated carbocycles. The van der Waals surface area contributed by atoms with Gasteiger partial charge in [0.25, 0.3) is 0 Å². The number of rotatable bonds is 5. The van der Waals surface area contributed by atoms with E-state index in [0.29, 0.717) is 0 Å². The zero-order valence-corrected chi connectivity index (χ0v) is 14.1. The molecule has 0 radical (unpaired) electrons. The molecule has 1 aromatic rings. The highest BCUT2D eigenvalue weighted by atomic mass is 15.3. The minimum Gasteiger partial charge on any atom is -0.335 e. The molecule has 3 nitrogen and oxygen atoms in total. The monoisotopic (exact) mass is 302 g/mol. The van der Waals surface area contributed by atoms with E-state index in [4.69, 9.17) is 0 Å². The summed E-state index contributed by atoms with van der Waals surface area (Å²) in [4.78, 5) is 7.14. The lowest BCUT2D eigenvalue weighted by Crippen LogP contribution is -3.12. The molecule has 2 heterocycles. The fourth-order valence-electron chi connectivity index (χ4n) is 3.93. The van der Waals surface area contributed by atoms with Crippen LogP contribution in [0.25, 0.3) is 0 Å². The SMILES string of the molecule is C[NH+]1CCN(C2CCN(CCCc3ccccc3)CC2)CC1. The van der Waals surface area contributed by atoms with Crippen molar-refractivity contribution in [2.24, 2.45) is 0 Å². The van der Waals surface area contributed by atoms with E-state index in [2.05, 4.69) is 47.2 Å². The smallest absolute Gasteiger partial charge is 0.0898 e. The molecular formula is C19H32N3+. The molecule has 0 bridgehead atoms. The molecule has 2 fully saturated rings. The first-order valence-electron chi connectivity index (χ1n) is 9.13. The fourth-order valence-corrected chi connectivity index (χ4v) is 3.93. The van der Waals surface area contributed by atoms with Gasteiger partial charge in [-0.3, -0.25) is 4.90 Å². The number of likely N-dealkylation sites (N-methyl/N-ethyl adjacent to an activating group) is 1. The summed E-state index contributed by atoms with van der Waals surface area (Å²) in [5, 5.41) is 0. The number of piperidine rings is 1. The largest absolute Gasteiger partial charge is 0.335 e. The lowest BCUT2D eigenvalue weighted by molar-refractivity contribution is -0.884. The maximum absolute atomic E-state index is 2.76. The number of nitrogens with zero attached hydrogens (tertiary/aromatic N) is 2. The van der Waals surface area contributed by atoms with Crippen LogP contribution in [0.15, 0.2) is 30.3 Å². The van der Waals surface area contributed by atoms with Crippen LogP contribution in [0.4, 0.5) is 0 Å². The quantitative estimate of drug-likeness (QED) is 0.867. The number of aryl methyl sites for hydroxylation is 1. The van der Waals surface area contributed by atoms with E-state index in [0.717, 1.165) is 6.04 Å². The average Bonchev–Trinajstić information content (AvgIpc) is 2.57. The van der Waals surface area contributed by atoms with Gasteiger partial charge in [-0.2, -0.15) is 0 Å². The zero-order valence-electron chi connectivity index (χ0n) is 14.1. The fraction of sp³-hybridized carbons (Fsp3) is 0.684. The molecule has 0 aromatic heterocycles. The van der Waals surface area contributed by atoms with Crippen molar-refractivity contribution < 1.29 is 4.90 Å². The van der Waals surface area contributed by atoms with E-state index in [1.807, 2.05) is 0 Å². The molecule has 1 aromatic carbocycles. The Balaban J connectivity index is 1.33. The summed E-state index contributed by atoms with van der Waals surface area (Å²) in [7, 11) is 2.33. The highest BCUT2D eigenvalue weighted by Gasteiger charge is 2.27. The van der Waals surface area contributed by atoms with Gasteiger partial charge in [-0.25, -0.2) is 0 Å². The third-order valence-electron chi connectivity index (χ3n) is 5.51. The summed E-state index contributed by atoms with van der Waals surface area (Å²) in [6.45, 7) is 9.16. The summed E-state index contributed by atoms with van der Waals surface area (Å²) < 4.78 is 0. The predicted octanol–water partition coefficient (Wildman–Crippen LogP) is 0.914. The molecule has 2 aliphatic heterocycles. The maximum Gasteiger partial charge on any atom is 0.0898 e. The van der Waals surface area contributed by atoms with Crippen LogP contribution in [0.1, 0.15) is 24.8 Å². The molecule has 1 N–H and O–H groups in total. The lowest BCUT2D eigenvalue weighted by Gasteiger charge is -2.40. The molecule has 122 valence electrons. The Morgan fingerprint density at radius 1 is 1.00 bits per heavy atom.